The fourth-order valence-corrected chi connectivity index (χ4v) is 10.7. The van der Waals surface area contributed by atoms with Gasteiger partial charge in [0.2, 0.25) is 21.6 Å². The first-order valence-corrected chi connectivity index (χ1v) is 19.1. The second-order valence-electron chi connectivity index (χ2n) is 14.3. The number of pyridine rings is 1. The van der Waals surface area contributed by atoms with E-state index in [2.05, 4.69) is 27.1 Å². The number of carbonyl (C=O) groups excluding carboxylic acids is 1. The summed E-state index contributed by atoms with van der Waals surface area (Å²) >= 11 is 0. The molecule has 1 amide bonds. The van der Waals surface area contributed by atoms with Gasteiger partial charge in [-0.1, -0.05) is 18.2 Å². The quantitative estimate of drug-likeness (QED) is 0.233. The molecule has 0 spiro atoms. The predicted molar refractivity (Wildman–Crippen MR) is 190 cm³/mol. The van der Waals surface area contributed by atoms with Crippen LogP contribution in [0.2, 0.25) is 0 Å². The Bertz CT molecular complexity index is 2150. The van der Waals surface area contributed by atoms with Crippen molar-refractivity contribution < 1.29 is 41.8 Å². The lowest BCUT2D eigenvalue weighted by Gasteiger charge is -2.54. The van der Waals surface area contributed by atoms with Crippen LogP contribution in [0, 0.1) is 16.0 Å². The Labute approximate surface area is 304 Å². The van der Waals surface area contributed by atoms with Crippen molar-refractivity contribution in [2.45, 2.75) is 59.5 Å². The maximum atomic E-state index is 15.6. The number of morpholine rings is 1. The van der Waals surface area contributed by atoms with Gasteiger partial charge in [0.1, 0.15) is 24.0 Å². The van der Waals surface area contributed by atoms with Crippen LogP contribution < -0.4 is 25.4 Å². The van der Waals surface area contributed by atoms with Gasteiger partial charge in [-0.3, -0.25) is 19.8 Å². The van der Waals surface area contributed by atoms with Crippen molar-refractivity contribution in [1.29, 1.82) is 0 Å². The third kappa shape index (κ3) is 5.29. The number of nitro benzene ring substituents is 1. The fourth-order valence-electron chi connectivity index (χ4n) is 8.51. The van der Waals surface area contributed by atoms with E-state index < -0.39 is 60.2 Å². The number of nitro groups is 1. The number of nitrogens with zero attached hydrogens (tertiary/aromatic N) is 4. The minimum atomic E-state index is -4.79. The maximum absolute atomic E-state index is 15.6. The average molecular weight is 750 g/mol. The Balaban J connectivity index is 1.16. The summed E-state index contributed by atoms with van der Waals surface area (Å²) in [6, 6.07) is 5.25. The number of allylic oxidation sites excluding steroid dienone is 2. The second kappa shape index (κ2) is 12.7. The molecule has 53 heavy (non-hydrogen) atoms. The van der Waals surface area contributed by atoms with E-state index in [0.29, 0.717) is 56.1 Å². The molecule has 0 radical (unpaired) electrons. The normalized spacial score (nSPS) is 31.3. The van der Waals surface area contributed by atoms with Crippen molar-refractivity contribution in [3.05, 3.63) is 64.9 Å². The molecule has 4 N–H and O–H groups in total. The number of hydrogen-bond acceptors (Lipinski definition) is 14. The van der Waals surface area contributed by atoms with E-state index in [1.54, 1.807) is 35.4 Å². The molecule has 3 saturated heterocycles. The first-order chi connectivity index (χ1) is 25.6. The first-order valence-electron chi connectivity index (χ1n) is 17.7. The highest BCUT2D eigenvalue weighted by atomic mass is 32.2. The van der Waals surface area contributed by atoms with Crippen LogP contribution in [0.3, 0.4) is 0 Å². The molecule has 2 unspecified atom stereocenters. The summed E-state index contributed by atoms with van der Waals surface area (Å²) in [4.78, 5) is 34.6. The number of aromatic nitrogens is 2. The Morgan fingerprint density at radius 3 is 2.74 bits per heavy atom. The average Bonchev–Trinajstić information content (AvgIpc) is 3.59. The summed E-state index contributed by atoms with van der Waals surface area (Å²) in [5.41, 5.74) is 6.45. The van der Waals surface area contributed by atoms with Crippen LogP contribution >= 0.6 is 0 Å². The Morgan fingerprint density at radius 2 is 1.96 bits per heavy atom. The fraction of sp³-hybridized carbons (Fsp3) is 0.486. The van der Waals surface area contributed by atoms with E-state index in [0.717, 1.165) is 6.07 Å². The number of benzene rings is 1. The van der Waals surface area contributed by atoms with Gasteiger partial charge in [-0.25, -0.2) is 8.42 Å². The lowest BCUT2D eigenvalue weighted by Crippen LogP contribution is -2.69. The highest BCUT2D eigenvalue weighted by molar-refractivity contribution is 7.93. The molecule has 0 saturated carbocycles. The number of nitrogens with two attached hydrogens (primary N) is 1. The van der Waals surface area contributed by atoms with Gasteiger partial charge in [-0.05, 0) is 31.6 Å². The third-order valence-electron chi connectivity index (χ3n) is 11.3. The number of sulfone groups is 1. The first kappa shape index (κ1) is 34.0. The molecule has 5 aliphatic heterocycles. The van der Waals surface area contributed by atoms with Crippen molar-refractivity contribution in [3.8, 4) is 11.6 Å². The molecule has 2 aromatic heterocycles. The van der Waals surface area contributed by atoms with E-state index >= 15 is 8.42 Å². The number of primary amides is 1. The molecule has 3 aromatic rings. The van der Waals surface area contributed by atoms with Crippen LogP contribution in [0.15, 0.2) is 59.7 Å². The number of rotatable bonds is 7. The van der Waals surface area contributed by atoms with Gasteiger partial charge in [0.05, 0.1) is 66.4 Å². The molecule has 7 atom stereocenters. The van der Waals surface area contributed by atoms with Crippen molar-refractivity contribution in [3.63, 3.8) is 0 Å². The Kier molecular flexibility index (Phi) is 8.15. The zero-order valence-corrected chi connectivity index (χ0v) is 29.6. The van der Waals surface area contributed by atoms with Crippen molar-refractivity contribution in [1.82, 2.24) is 14.9 Å². The molecule has 1 aliphatic carbocycles. The van der Waals surface area contributed by atoms with E-state index in [4.69, 9.17) is 29.4 Å². The van der Waals surface area contributed by atoms with Gasteiger partial charge in [-0.2, -0.15) is 4.98 Å². The monoisotopic (exact) mass is 749 g/mol. The standard InChI is InChI=1S/C35H39N7O10S/c1-19-14-50-29(13-40(19)21-15-49-16-21)24-17-51-28-12-22(11-26(42(44)45)31(28)38-24)53(46,47)35(7-3-2-4-23(35)32(36)43)41-25-6-9-48-18-30(25)52-34-27(41)10-20-5-8-37-33(20)39-34/h2-5,7-8,10-12,19,21,23-25,29-30,38H,6,9,13-18H2,1H3,(H2,36,43)(H,37,39)/t19-,23?,24-,25+,29-,30-,35?/m1/s1. The van der Waals surface area contributed by atoms with Gasteiger partial charge in [0.25, 0.3) is 5.69 Å². The molecular formula is C35H39N7O10S. The number of carbonyl (C=O) groups is 1. The molecule has 0 bridgehead atoms. The highest BCUT2D eigenvalue weighted by Gasteiger charge is 2.61. The largest absolute Gasteiger partial charge is 0.489 e. The van der Waals surface area contributed by atoms with Crippen LogP contribution in [0.1, 0.15) is 13.3 Å². The van der Waals surface area contributed by atoms with E-state index in [-0.39, 0.29) is 48.7 Å². The highest BCUT2D eigenvalue weighted by Crippen LogP contribution is 2.52. The predicted octanol–water partition coefficient (Wildman–Crippen LogP) is 1.89. The SMILES string of the molecule is C[C@@H]1CO[C@@H]([C@H]2COc3cc(S(=O)(=O)C4(N5c6cc7cc[nH]c7nc6O[C@@H]6COCC[C@@H]65)C=CC=CC4C(N)=O)cc([N+](=O)[O-])c3N2)CN1C1COC1. The Hall–Kier alpha value is -4.75. The number of H-pyrrole nitrogens is 1. The van der Waals surface area contributed by atoms with Crippen LogP contribution in [-0.4, -0.2) is 122 Å². The van der Waals surface area contributed by atoms with Crippen molar-refractivity contribution >= 4 is 43.8 Å². The lowest BCUT2D eigenvalue weighted by atomic mass is 9.88. The third-order valence-corrected chi connectivity index (χ3v) is 13.6. The molecular weight excluding hydrogens is 710 g/mol. The van der Waals surface area contributed by atoms with Gasteiger partial charge >= 0.3 is 0 Å². The second-order valence-corrected chi connectivity index (χ2v) is 16.4. The smallest absolute Gasteiger partial charge is 0.297 e. The molecule has 18 heteroatoms. The Morgan fingerprint density at radius 1 is 1.11 bits per heavy atom. The molecule has 6 aliphatic rings. The molecule has 1 aromatic carbocycles. The maximum Gasteiger partial charge on any atom is 0.297 e. The zero-order valence-electron chi connectivity index (χ0n) is 28.8. The number of nitrogens with one attached hydrogen (secondary N) is 2. The van der Waals surface area contributed by atoms with Crippen LogP contribution in [0.4, 0.5) is 17.1 Å². The van der Waals surface area contributed by atoms with E-state index in [9.17, 15) is 14.9 Å². The summed E-state index contributed by atoms with van der Waals surface area (Å²) < 4.78 is 61.0. The number of aromatic amines is 1. The zero-order chi connectivity index (χ0) is 36.6. The minimum absolute atomic E-state index is 0.00873. The van der Waals surface area contributed by atoms with Crippen molar-refractivity contribution in [2.75, 3.05) is 56.4 Å². The van der Waals surface area contributed by atoms with Gasteiger partial charge < -0.3 is 44.6 Å². The summed E-state index contributed by atoms with van der Waals surface area (Å²) in [7, 11) is -4.79. The molecule has 17 nitrogen and oxygen atoms in total. The van der Waals surface area contributed by atoms with Gasteiger partial charge in [-0.15, -0.1) is 0 Å². The van der Waals surface area contributed by atoms with Crippen LogP contribution in [0.5, 0.6) is 11.6 Å². The number of ether oxygens (including phenoxy) is 5. The number of fused-ring (bicyclic) bond motifs is 4. The van der Waals surface area contributed by atoms with Crippen molar-refractivity contribution in [2.24, 2.45) is 11.7 Å². The summed E-state index contributed by atoms with van der Waals surface area (Å²) in [5.74, 6) is -2.20. The summed E-state index contributed by atoms with van der Waals surface area (Å²) in [6.45, 7) is 4.91. The van der Waals surface area contributed by atoms with Gasteiger partial charge in [0, 0.05) is 42.9 Å². The van der Waals surface area contributed by atoms with Crippen LogP contribution in [-0.2, 0) is 28.8 Å². The van der Waals surface area contributed by atoms with Gasteiger partial charge in [0.15, 0.2) is 16.3 Å². The number of hydrogen-bond donors (Lipinski definition) is 3. The number of amides is 1. The summed E-state index contributed by atoms with van der Waals surface area (Å²) in [6.07, 6.45) is 7.04. The summed E-state index contributed by atoms with van der Waals surface area (Å²) in [5, 5.41) is 16.7. The molecule has 9 rings (SSSR count). The molecule has 3 fully saturated rings. The minimum Gasteiger partial charge on any atom is -0.489 e. The lowest BCUT2D eigenvalue weighted by molar-refractivity contribution is -0.384. The topological polar surface area (TPSA) is 214 Å². The van der Waals surface area contributed by atoms with E-state index in [1.807, 2.05) is 0 Å². The molecule has 280 valence electrons. The van der Waals surface area contributed by atoms with Crippen LogP contribution in [0.25, 0.3) is 11.0 Å². The number of anilines is 2. The van der Waals surface area contributed by atoms with E-state index in [1.165, 1.54) is 18.2 Å². The molecule has 7 heterocycles.